The van der Waals surface area contributed by atoms with E-state index >= 15 is 0 Å². The highest BCUT2D eigenvalue weighted by Crippen LogP contribution is 2.31. The summed E-state index contributed by atoms with van der Waals surface area (Å²) in [5.41, 5.74) is 2.06. The number of pyridine rings is 1. The molecule has 8 heteroatoms. The van der Waals surface area contributed by atoms with Gasteiger partial charge in [-0.2, -0.15) is 5.26 Å². The number of amides is 1. The van der Waals surface area contributed by atoms with E-state index in [0.29, 0.717) is 22.5 Å². The molecule has 2 fully saturated rings. The quantitative estimate of drug-likeness (QED) is 0.723. The van der Waals surface area contributed by atoms with Crippen molar-refractivity contribution in [1.82, 2.24) is 10.3 Å². The van der Waals surface area contributed by atoms with Crippen molar-refractivity contribution in [2.45, 2.75) is 38.0 Å². The van der Waals surface area contributed by atoms with E-state index in [0.717, 1.165) is 12.8 Å². The Morgan fingerprint density at radius 2 is 1.97 bits per heavy atom. The number of carbonyl (C=O) groups is 1. The SMILES string of the molecule is Cc1cc(F)c(C(=O)NC2CC2)cc1-c1cnc(N2C[C@@H](O)[C@@H](O)C2)c(C#N)c1. The number of nitrogens with one attached hydrogen (secondary N) is 1. The highest BCUT2D eigenvalue weighted by Gasteiger charge is 2.32. The predicted molar refractivity (Wildman–Crippen MR) is 104 cm³/mol. The third-order valence-electron chi connectivity index (χ3n) is 5.33. The fourth-order valence-electron chi connectivity index (χ4n) is 3.53. The van der Waals surface area contributed by atoms with Crippen LogP contribution in [0, 0.1) is 24.1 Å². The van der Waals surface area contributed by atoms with Crippen LogP contribution in [0.3, 0.4) is 0 Å². The average Bonchev–Trinajstić information content (AvgIpc) is 3.44. The molecule has 1 aliphatic heterocycles. The number of aliphatic hydroxyl groups excluding tert-OH is 2. The molecule has 3 N–H and O–H groups in total. The molecule has 0 unspecified atom stereocenters. The van der Waals surface area contributed by atoms with Gasteiger partial charge >= 0.3 is 0 Å². The van der Waals surface area contributed by atoms with E-state index in [1.54, 1.807) is 24.1 Å². The van der Waals surface area contributed by atoms with Crippen LogP contribution < -0.4 is 10.2 Å². The summed E-state index contributed by atoms with van der Waals surface area (Å²) in [4.78, 5) is 18.4. The second kappa shape index (κ2) is 7.43. The predicted octanol–water partition coefficient (Wildman–Crippen LogP) is 1.50. The summed E-state index contributed by atoms with van der Waals surface area (Å²) in [5.74, 6) is -0.663. The van der Waals surface area contributed by atoms with Gasteiger partial charge < -0.3 is 20.4 Å². The molecule has 0 radical (unpaired) electrons. The minimum absolute atomic E-state index is 0.0362. The molecule has 1 aromatic heterocycles. The van der Waals surface area contributed by atoms with Crippen LogP contribution in [-0.2, 0) is 0 Å². The average molecular weight is 396 g/mol. The number of nitrogens with zero attached hydrogens (tertiary/aromatic N) is 3. The minimum atomic E-state index is -0.894. The first-order valence-corrected chi connectivity index (χ1v) is 9.50. The van der Waals surface area contributed by atoms with Crippen molar-refractivity contribution < 1.29 is 19.4 Å². The number of halogens is 1. The Hall–Kier alpha value is -3.02. The van der Waals surface area contributed by atoms with Crippen molar-refractivity contribution in [1.29, 1.82) is 5.26 Å². The minimum Gasteiger partial charge on any atom is -0.389 e. The van der Waals surface area contributed by atoms with E-state index < -0.39 is 23.9 Å². The number of carbonyl (C=O) groups excluding carboxylic acids is 1. The van der Waals surface area contributed by atoms with Gasteiger partial charge in [0.2, 0.25) is 0 Å². The topological polar surface area (TPSA) is 109 Å². The number of nitriles is 1. The van der Waals surface area contributed by atoms with Crippen molar-refractivity contribution >= 4 is 11.7 Å². The third kappa shape index (κ3) is 3.79. The van der Waals surface area contributed by atoms with Gasteiger partial charge in [0.25, 0.3) is 5.91 Å². The Morgan fingerprint density at radius 3 is 2.59 bits per heavy atom. The number of aryl methyl sites for hydroxylation is 1. The lowest BCUT2D eigenvalue weighted by Crippen LogP contribution is -2.26. The van der Waals surface area contributed by atoms with Crippen LogP contribution >= 0.6 is 0 Å². The standard InChI is InChI=1S/C21H21FN4O3/c1-11-4-17(22)16(21(29)25-14-2-3-14)6-15(11)13-5-12(7-23)20(24-8-13)26-9-18(27)19(28)10-26/h4-6,8,14,18-19,27-28H,2-3,9-10H2,1H3,(H,25,29)/t18-,19+. The van der Waals surface area contributed by atoms with Crippen LogP contribution in [0.25, 0.3) is 11.1 Å². The van der Waals surface area contributed by atoms with Crippen LogP contribution in [0.2, 0.25) is 0 Å². The van der Waals surface area contributed by atoms with Crippen molar-refractivity contribution in [3.63, 3.8) is 0 Å². The van der Waals surface area contributed by atoms with Crippen LogP contribution in [0.1, 0.15) is 34.3 Å². The highest BCUT2D eigenvalue weighted by atomic mass is 19.1. The second-order valence-electron chi connectivity index (χ2n) is 7.64. The van der Waals surface area contributed by atoms with Gasteiger partial charge in [0.05, 0.1) is 23.3 Å². The molecule has 1 saturated heterocycles. The Labute approximate surface area is 167 Å². The van der Waals surface area contributed by atoms with Crippen LogP contribution in [0.4, 0.5) is 10.2 Å². The second-order valence-corrected chi connectivity index (χ2v) is 7.64. The zero-order chi connectivity index (χ0) is 20.7. The third-order valence-corrected chi connectivity index (χ3v) is 5.33. The summed E-state index contributed by atoms with van der Waals surface area (Å²) in [7, 11) is 0. The number of aromatic nitrogens is 1. The van der Waals surface area contributed by atoms with E-state index in [2.05, 4.69) is 16.4 Å². The van der Waals surface area contributed by atoms with E-state index in [1.165, 1.54) is 12.1 Å². The first-order valence-electron chi connectivity index (χ1n) is 9.50. The maximum Gasteiger partial charge on any atom is 0.254 e. The van der Waals surface area contributed by atoms with E-state index in [4.69, 9.17) is 0 Å². The van der Waals surface area contributed by atoms with Crippen molar-refractivity contribution in [2.75, 3.05) is 18.0 Å². The van der Waals surface area contributed by atoms with Gasteiger partial charge in [0.1, 0.15) is 17.7 Å². The zero-order valence-electron chi connectivity index (χ0n) is 15.9. The lowest BCUT2D eigenvalue weighted by atomic mass is 9.97. The van der Waals surface area contributed by atoms with Gasteiger partial charge in [-0.3, -0.25) is 4.79 Å². The summed E-state index contributed by atoms with van der Waals surface area (Å²) in [6.07, 6.45) is 1.58. The van der Waals surface area contributed by atoms with Crippen molar-refractivity contribution in [3.05, 3.63) is 46.9 Å². The molecule has 1 aliphatic carbocycles. The van der Waals surface area contributed by atoms with Gasteiger partial charge in [-0.25, -0.2) is 9.37 Å². The lowest BCUT2D eigenvalue weighted by Gasteiger charge is -2.18. The number of rotatable bonds is 4. The smallest absolute Gasteiger partial charge is 0.254 e. The molecule has 2 atom stereocenters. The molecule has 0 bridgehead atoms. The van der Waals surface area contributed by atoms with E-state index in [1.807, 2.05) is 0 Å². The summed E-state index contributed by atoms with van der Waals surface area (Å²) < 4.78 is 14.4. The molecule has 2 aliphatic rings. The summed E-state index contributed by atoms with van der Waals surface area (Å²) >= 11 is 0. The normalized spacial score (nSPS) is 21.1. The van der Waals surface area contributed by atoms with Crippen LogP contribution in [0.15, 0.2) is 24.4 Å². The number of benzene rings is 1. The van der Waals surface area contributed by atoms with Crippen LogP contribution in [0.5, 0.6) is 0 Å². The van der Waals surface area contributed by atoms with Gasteiger partial charge in [-0.1, -0.05) is 0 Å². The van der Waals surface area contributed by atoms with Crippen LogP contribution in [-0.4, -0.2) is 52.4 Å². The number of β-amino-alcohol motifs (C(OH)–C–C–N with tert-alkyl or cyclic N) is 2. The Kier molecular flexibility index (Phi) is 4.94. The van der Waals surface area contributed by atoms with Crippen molar-refractivity contribution in [2.24, 2.45) is 0 Å². The highest BCUT2D eigenvalue weighted by molar-refractivity contribution is 5.96. The summed E-state index contributed by atoms with van der Waals surface area (Å²) in [6, 6.07) is 6.64. The molecule has 150 valence electrons. The Bertz CT molecular complexity index is 1010. The lowest BCUT2D eigenvalue weighted by molar-refractivity contribution is 0.0572. The molecule has 1 aromatic carbocycles. The first-order chi connectivity index (χ1) is 13.9. The number of hydrogen-bond acceptors (Lipinski definition) is 6. The van der Waals surface area contributed by atoms with Gasteiger partial charge in [-0.15, -0.1) is 0 Å². The molecule has 2 aromatic rings. The Morgan fingerprint density at radius 1 is 1.28 bits per heavy atom. The van der Waals surface area contributed by atoms with E-state index in [9.17, 15) is 24.7 Å². The van der Waals surface area contributed by atoms with Gasteiger partial charge in [0.15, 0.2) is 0 Å². The van der Waals surface area contributed by atoms with E-state index in [-0.39, 0.29) is 30.3 Å². The number of aliphatic hydroxyl groups is 2. The molecule has 29 heavy (non-hydrogen) atoms. The molecule has 7 nitrogen and oxygen atoms in total. The molecule has 4 rings (SSSR count). The number of hydrogen-bond donors (Lipinski definition) is 3. The fraction of sp³-hybridized carbons (Fsp3) is 0.381. The zero-order valence-corrected chi connectivity index (χ0v) is 15.9. The Balaban J connectivity index is 1.69. The molecule has 1 amide bonds. The number of anilines is 1. The summed E-state index contributed by atoms with van der Waals surface area (Å²) in [6.45, 7) is 2.10. The monoisotopic (exact) mass is 396 g/mol. The molecule has 0 spiro atoms. The van der Waals surface area contributed by atoms with Crippen molar-refractivity contribution in [3.8, 4) is 17.2 Å². The molecule has 1 saturated carbocycles. The summed E-state index contributed by atoms with van der Waals surface area (Å²) in [5, 5.41) is 31.9. The molecular formula is C21H21FN4O3. The fourth-order valence-corrected chi connectivity index (χ4v) is 3.53. The molecular weight excluding hydrogens is 375 g/mol. The molecule has 2 heterocycles. The maximum atomic E-state index is 14.4. The largest absolute Gasteiger partial charge is 0.389 e. The first kappa shape index (κ1) is 19.3. The van der Waals surface area contributed by atoms with Gasteiger partial charge in [-0.05, 0) is 49.1 Å². The van der Waals surface area contributed by atoms with Gasteiger partial charge in [0, 0.05) is 30.9 Å². The maximum absolute atomic E-state index is 14.4.